The van der Waals surface area contributed by atoms with Crippen molar-refractivity contribution in [1.29, 1.82) is 5.41 Å². The van der Waals surface area contributed by atoms with Gasteiger partial charge < -0.3 is 25.6 Å². The molecule has 0 aromatic heterocycles. The van der Waals surface area contributed by atoms with Crippen molar-refractivity contribution in [2.24, 2.45) is 11.7 Å². The number of hydrogen-bond donors (Lipinski definition) is 2. The van der Waals surface area contributed by atoms with Gasteiger partial charge in [-0.05, 0) is 44.7 Å². The van der Waals surface area contributed by atoms with Gasteiger partial charge in [0.2, 0.25) is 0 Å². The molecule has 0 aliphatic heterocycles. The van der Waals surface area contributed by atoms with E-state index in [0.717, 1.165) is 11.1 Å². The zero-order valence-corrected chi connectivity index (χ0v) is 19.3. The summed E-state index contributed by atoms with van der Waals surface area (Å²) in [5.74, 6) is -0.467. The molecule has 2 aromatic carbocycles. The van der Waals surface area contributed by atoms with Crippen LogP contribution in [0.5, 0.6) is 0 Å². The van der Waals surface area contributed by atoms with Crippen molar-refractivity contribution in [3.8, 4) is 0 Å². The Labute approximate surface area is 194 Å². The van der Waals surface area contributed by atoms with Gasteiger partial charge in [-0.2, -0.15) is 0 Å². The Bertz CT molecular complexity index is 948. The monoisotopic (exact) mass is 455 g/mol. The normalized spacial score (nSPS) is 17.2. The van der Waals surface area contributed by atoms with E-state index in [2.05, 4.69) is 0 Å². The highest BCUT2D eigenvalue weighted by atomic mass is 16.6. The summed E-state index contributed by atoms with van der Waals surface area (Å²) in [5.41, 5.74) is 7.37. The minimum Gasteiger partial charge on any atom is -0.461 e. The third-order valence-electron chi connectivity index (χ3n) is 5.36. The first-order chi connectivity index (χ1) is 15.1. The lowest BCUT2D eigenvalue weighted by atomic mass is 9.79. The third-order valence-corrected chi connectivity index (χ3v) is 5.36. The van der Waals surface area contributed by atoms with E-state index in [1.807, 2.05) is 63.2 Å². The SMILES string of the molecule is CC(C)(C)OC(=O)N(Cc1ccc(C(=N)N)cc1)C1CC(C(=O)OCc2ccccc2)C1.O. The van der Waals surface area contributed by atoms with Crippen molar-refractivity contribution >= 4 is 17.9 Å². The van der Waals surface area contributed by atoms with Gasteiger partial charge in [0.1, 0.15) is 18.0 Å². The van der Waals surface area contributed by atoms with E-state index in [0.29, 0.717) is 24.9 Å². The second-order valence-corrected chi connectivity index (χ2v) is 9.13. The zero-order valence-electron chi connectivity index (χ0n) is 19.3. The Morgan fingerprint density at radius 1 is 1.03 bits per heavy atom. The standard InChI is InChI=1S/C25H31N3O4.H2O/c1-25(2,3)32-24(30)28(15-17-9-11-19(12-10-17)22(26)27)21-13-20(14-21)23(29)31-16-18-7-5-4-6-8-18;/h4-12,20-21H,13-16H2,1-3H3,(H3,26,27);1H2. The second kappa shape index (κ2) is 11.0. The van der Waals surface area contributed by atoms with E-state index in [1.54, 1.807) is 17.0 Å². The van der Waals surface area contributed by atoms with Gasteiger partial charge in [0.25, 0.3) is 0 Å². The van der Waals surface area contributed by atoms with Crippen molar-refractivity contribution in [3.63, 3.8) is 0 Å². The Kier molecular flexibility index (Phi) is 8.59. The van der Waals surface area contributed by atoms with E-state index in [1.165, 1.54) is 0 Å². The molecular weight excluding hydrogens is 422 g/mol. The highest BCUT2D eigenvalue weighted by Gasteiger charge is 2.42. The van der Waals surface area contributed by atoms with Crippen molar-refractivity contribution in [1.82, 2.24) is 4.90 Å². The Morgan fingerprint density at radius 3 is 2.18 bits per heavy atom. The van der Waals surface area contributed by atoms with E-state index in [9.17, 15) is 9.59 Å². The number of nitrogen functional groups attached to an aromatic ring is 1. The molecule has 1 amide bonds. The van der Waals surface area contributed by atoms with Gasteiger partial charge >= 0.3 is 12.1 Å². The van der Waals surface area contributed by atoms with Crippen LogP contribution >= 0.6 is 0 Å². The second-order valence-electron chi connectivity index (χ2n) is 9.13. The minimum atomic E-state index is -0.619. The van der Waals surface area contributed by atoms with Gasteiger partial charge in [-0.1, -0.05) is 54.6 Å². The number of benzene rings is 2. The summed E-state index contributed by atoms with van der Waals surface area (Å²) in [6.07, 6.45) is 0.672. The number of amides is 1. The molecule has 1 aliphatic rings. The number of rotatable bonds is 7. The fraction of sp³-hybridized carbons (Fsp3) is 0.400. The molecule has 0 spiro atoms. The number of nitrogens with two attached hydrogens (primary N) is 1. The van der Waals surface area contributed by atoms with Crippen LogP contribution < -0.4 is 5.73 Å². The van der Waals surface area contributed by atoms with Crippen LogP contribution in [-0.4, -0.2) is 39.9 Å². The molecule has 8 nitrogen and oxygen atoms in total. The number of carbonyl (C=O) groups excluding carboxylic acids is 2. The molecule has 3 rings (SSSR count). The quantitative estimate of drug-likeness (QED) is 0.374. The topological polar surface area (TPSA) is 137 Å². The summed E-state index contributed by atoms with van der Waals surface area (Å²) in [4.78, 5) is 27.0. The lowest BCUT2D eigenvalue weighted by molar-refractivity contribution is -0.155. The molecule has 33 heavy (non-hydrogen) atoms. The highest BCUT2D eigenvalue weighted by Crippen LogP contribution is 2.35. The van der Waals surface area contributed by atoms with Gasteiger partial charge in [0.05, 0.1) is 5.92 Å². The smallest absolute Gasteiger partial charge is 0.410 e. The molecule has 1 fully saturated rings. The Hall–Kier alpha value is -3.39. The van der Waals surface area contributed by atoms with E-state index >= 15 is 0 Å². The molecule has 2 aromatic rings. The molecule has 0 unspecified atom stereocenters. The molecule has 0 saturated heterocycles. The predicted molar refractivity (Wildman–Crippen MR) is 126 cm³/mol. The number of hydrogen-bond acceptors (Lipinski definition) is 5. The molecule has 0 heterocycles. The molecule has 8 heteroatoms. The van der Waals surface area contributed by atoms with Crippen molar-refractivity contribution in [2.45, 2.75) is 58.4 Å². The largest absolute Gasteiger partial charge is 0.461 e. The maximum absolute atomic E-state index is 12.9. The number of nitrogens with one attached hydrogen (secondary N) is 1. The van der Waals surface area contributed by atoms with Crippen LogP contribution in [0.2, 0.25) is 0 Å². The average molecular weight is 456 g/mol. The highest BCUT2D eigenvalue weighted by molar-refractivity contribution is 5.94. The number of esters is 1. The van der Waals surface area contributed by atoms with E-state index in [4.69, 9.17) is 20.6 Å². The van der Waals surface area contributed by atoms with E-state index < -0.39 is 11.7 Å². The van der Waals surface area contributed by atoms with Crippen LogP contribution in [-0.2, 0) is 27.4 Å². The molecule has 1 aliphatic carbocycles. The van der Waals surface area contributed by atoms with Gasteiger partial charge in [-0.15, -0.1) is 0 Å². The molecule has 5 N–H and O–H groups in total. The summed E-state index contributed by atoms with van der Waals surface area (Å²) in [5, 5.41) is 7.52. The van der Waals surface area contributed by atoms with Crippen LogP contribution in [0.1, 0.15) is 50.3 Å². The van der Waals surface area contributed by atoms with Gasteiger partial charge in [0, 0.05) is 18.2 Å². The minimum absolute atomic E-state index is 0. The van der Waals surface area contributed by atoms with Crippen LogP contribution in [0, 0.1) is 11.3 Å². The lowest BCUT2D eigenvalue weighted by Gasteiger charge is -2.42. The first-order valence-corrected chi connectivity index (χ1v) is 10.8. The van der Waals surface area contributed by atoms with E-state index in [-0.39, 0.29) is 35.8 Å². The molecule has 178 valence electrons. The first-order valence-electron chi connectivity index (χ1n) is 10.8. The van der Waals surface area contributed by atoms with Gasteiger partial charge in [-0.3, -0.25) is 10.2 Å². The van der Waals surface area contributed by atoms with Crippen LogP contribution in [0.3, 0.4) is 0 Å². The maximum Gasteiger partial charge on any atom is 0.410 e. The number of amidine groups is 1. The van der Waals surface area contributed by atoms with Crippen molar-refractivity contribution < 1.29 is 24.5 Å². The zero-order chi connectivity index (χ0) is 23.3. The Morgan fingerprint density at radius 2 is 1.64 bits per heavy atom. The maximum atomic E-state index is 12.9. The number of carbonyl (C=O) groups is 2. The average Bonchev–Trinajstić information content (AvgIpc) is 2.70. The summed E-state index contributed by atoms with van der Waals surface area (Å²) >= 11 is 0. The van der Waals surface area contributed by atoms with Gasteiger partial charge in [0.15, 0.2) is 0 Å². The summed E-state index contributed by atoms with van der Waals surface area (Å²) < 4.78 is 11.1. The number of nitrogens with zero attached hydrogens (tertiary/aromatic N) is 1. The number of ether oxygens (including phenoxy) is 2. The van der Waals surface area contributed by atoms with Crippen LogP contribution in [0.4, 0.5) is 4.79 Å². The molecule has 1 saturated carbocycles. The molecule has 0 atom stereocenters. The fourth-order valence-electron chi connectivity index (χ4n) is 3.53. The molecule has 0 bridgehead atoms. The molecular formula is C25H33N3O5. The first kappa shape index (κ1) is 25.9. The summed E-state index contributed by atoms with van der Waals surface area (Å²) in [6.45, 7) is 6.09. The van der Waals surface area contributed by atoms with Crippen LogP contribution in [0.25, 0.3) is 0 Å². The fourth-order valence-corrected chi connectivity index (χ4v) is 3.53. The summed E-state index contributed by atoms with van der Waals surface area (Å²) in [7, 11) is 0. The van der Waals surface area contributed by atoms with Crippen LogP contribution in [0.15, 0.2) is 54.6 Å². The summed E-state index contributed by atoms with van der Waals surface area (Å²) in [6, 6.07) is 16.7. The lowest BCUT2D eigenvalue weighted by Crippen LogP contribution is -2.50. The Balaban J connectivity index is 0.00000385. The van der Waals surface area contributed by atoms with Gasteiger partial charge in [-0.25, -0.2) is 4.79 Å². The van der Waals surface area contributed by atoms with Crippen molar-refractivity contribution in [3.05, 3.63) is 71.3 Å². The van der Waals surface area contributed by atoms with Crippen molar-refractivity contribution in [2.75, 3.05) is 0 Å². The predicted octanol–water partition coefficient (Wildman–Crippen LogP) is 3.41. The third kappa shape index (κ3) is 7.32. The molecule has 0 radical (unpaired) electrons.